The summed E-state index contributed by atoms with van der Waals surface area (Å²) in [5, 5.41) is 66.8. The maximum atomic E-state index is 9.79. The molecule has 0 aliphatic carbocycles. The van der Waals surface area contributed by atoms with Gasteiger partial charge in [0.05, 0.1) is 13.2 Å². The smallest absolute Gasteiger partial charge is 0.187 e. The van der Waals surface area contributed by atoms with E-state index in [0.29, 0.717) is 0 Å². The maximum absolute atomic E-state index is 9.79. The highest BCUT2D eigenvalue weighted by Crippen LogP contribution is 2.26. The van der Waals surface area contributed by atoms with E-state index in [1.807, 2.05) is 0 Å². The SMILES string of the molecule is OC[C@H]1O[C@H](O[C@H]2[C@@H](O)COC(O)[C@@H]2O)[C@H](O)[C@@H](O)[C@@H]1O. The molecule has 2 heterocycles. The molecule has 2 rings (SSSR count). The molecule has 0 aromatic heterocycles. The molecule has 0 spiro atoms. The van der Waals surface area contributed by atoms with E-state index in [2.05, 4.69) is 4.74 Å². The molecule has 0 radical (unpaired) electrons. The van der Waals surface area contributed by atoms with Crippen molar-refractivity contribution in [1.82, 2.24) is 0 Å². The van der Waals surface area contributed by atoms with Crippen LogP contribution in [0.4, 0.5) is 0 Å². The van der Waals surface area contributed by atoms with Gasteiger partial charge in [-0.1, -0.05) is 0 Å². The summed E-state index contributed by atoms with van der Waals surface area (Å²) in [5.41, 5.74) is 0. The molecule has 9 atom stereocenters. The van der Waals surface area contributed by atoms with Gasteiger partial charge in [-0.2, -0.15) is 0 Å². The molecule has 10 nitrogen and oxygen atoms in total. The Morgan fingerprint density at radius 1 is 0.905 bits per heavy atom. The molecule has 0 bridgehead atoms. The van der Waals surface area contributed by atoms with E-state index in [9.17, 15) is 30.6 Å². The predicted octanol–water partition coefficient (Wildman–Crippen LogP) is -4.76. The maximum Gasteiger partial charge on any atom is 0.187 e. The number of aliphatic hydroxyl groups is 7. The summed E-state index contributed by atoms with van der Waals surface area (Å²) >= 11 is 0. The van der Waals surface area contributed by atoms with Crippen molar-refractivity contribution < 1.29 is 50.0 Å². The molecule has 2 aliphatic rings. The number of aliphatic hydroxyl groups excluding tert-OH is 7. The quantitative estimate of drug-likeness (QED) is 0.268. The van der Waals surface area contributed by atoms with E-state index in [0.717, 1.165) is 0 Å². The lowest BCUT2D eigenvalue weighted by Gasteiger charge is -2.43. The molecular formula is C11H20O10. The minimum absolute atomic E-state index is 0.305. The highest BCUT2D eigenvalue weighted by molar-refractivity contribution is 4.91. The van der Waals surface area contributed by atoms with Crippen molar-refractivity contribution in [2.45, 2.75) is 55.3 Å². The fourth-order valence-electron chi connectivity index (χ4n) is 2.29. The minimum Gasteiger partial charge on any atom is -0.394 e. The van der Waals surface area contributed by atoms with Crippen molar-refractivity contribution in [1.29, 1.82) is 0 Å². The zero-order valence-corrected chi connectivity index (χ0v) is 11.0. The Morgan fingerprint density at radius 2 is 1.57 bits per heavy atom. The zero-order chi connectivity index (χ0) is 15.7. The Bertz CT molecular complexity index is 339. The molecule has 1 unspecified atom stereocenters. The Balaban J connectivity index is 2.06. The van der Waals surface area contributed by atoms with Crippen molar-refractivity contribution in [2.75, 3.05) is 13.2 Å². The number of hydrogen-bond acceptors (Lipinski definition) is 10. The first-order valence-corrected chi connectivity index (χ1v) is 6.48. The summed E-state index contributed by atoms with van der Waals surface area (Å²) in [4.78, 5) is 0. The van der Waals surface area contributed by atoms with Gasteiger partial charge in [0.1, 0.15) is 42.7 Å². The van der Waals surface area contributed by atoms with Crippen LogP contribution in [0.1, 0.15) is 0 Å². The molecule has 2 fully saturated rings. The van der Waals surface area contributed by atoms with Crippen molar-refractivity contribution in [3.8, 4) is 0 Å². The van der Waals surface area contributed by atoms with Crippen molar-refractivity contribution in [2.24, 2.45) is 0 Å². The summed E-state index contributed by atoms with van der Waals surface area (Å²) < 4.78 is 15.0. The van der Waals surface area contributed by atoms with E-state index in [-0.39, 0.29) is 6.61 Å². The van der Waals surface area contributed by atoms with Crippen LogP contribution in [0.15, 0.2) is 0 Å². The highest BCUT2D eigenvalue weighted by Gasteiger charge is 2.48. The molecule has 0 aromatic rings. The van der Waals surface area contributed by atoms with Crippen LogP contribution in [0.5, 0.6) is 0 Å². The normalized spacial score (nSPS) is 51.9. The molecule has 2 saturated heterocycles. The molecular weight excluding hydrogens is 292 g/mol. The number of hydrogen-bond donors (Lipinski definition) is 7. The Kier molecular flexibility index (Phi) is 5.48. The standard InChI is InChI=1S/C11H20O10/c12-1-4-5(14)6(15)7(16)11(20-4)21-9-3(13)2-19-10(18)8(9)17/h3-18H,1-2H2/t3-,4+,5+,6-,7+,8+,9-,10?,11+/m0/s1. The average molecular weight is 312 g/mol. The third kappa shape index (κ3) is 3.35. The third-order valence-corrected chi connectivity index (χ3v) is 3.59. The second-order valence-electron chi connectivity index (χ2n) is 5.08. The molecule has 124 valence electrons. The second kappa shape index (κ2) is 6.79. The van der Waals surface area contributed by atoms with Crippen LogP contribution >= 0.6 is 0 Å². The number of ether oxygens (including phenoxy) is 3. The van der Waals surface area contributed by atoms with Gasteiger partial charge in [0.15, 0.2) is 12.6 Å². The summed E-state index contributed by atoms with van der Waals surface area (Å²) in [6.45, 7) is -0.938. The molecule has 21 heavy (non-hydrogen) atoms. The summed E-state index contributed by atoms with van der Waals surface area (Å²) in [6.07, 6.45) is -13.3. The van der Waals surface area contributed by atoms with Gasteiger partial charge in [-0.25, -0.2) is 0 Å². The molecule has 0 amide bonds. The fraction of sp³-hybridized carbons (Fsp3) is 1.00. The van der Waals surface area contributed by atoms with Crippen LogP contribution in [0.3, 0.4) is 0 Å². The average Bonchev–Trinajstić information content (AvgIpc) is 2.47. The van der Waals surface area contributed by atoms with Crippen LogP contribution in [-0.4, -0.2) is 104 Å². The first-order chi connectivity index (χ1) is 9.86. The molecule has 10 heteroatoms. The lowest BCUT2D eigenvalue weighted by molar-refractivity contribution is -0.345. The van der Waals surface area contributed by atoms with Crippen molar-refractivity contribution in [3.05, 3.63) is 0 Å². The van der Waals surface area contributed by atoms with Crippen molar-refractivity contribution >= 4 is 0 Å². The number of rotatable bonds is 3. The first kappa shape index (κ1) is 17.0. The summed E-state index contributed by atoms with van der Waals surface area (Å²) in [6, 6.07) is 0. The molecule has 0 saturated carbocycles. The Morgan fingerprint density at radius 3 is 2.19 bits per heavy atom. The van der Waals surface area contributed by atoms with Crippen LogP contribution in [0.25, 0.3) is 0 Å². The predicted molar refractivity (Wildman–Crippen MR) is 62.6 cm³/mol. The lowest BCUT2D eigenvalue weighted by atomic mass is 9.98. The van der Waals surface area contributed by atoms with E-state index in [4.69, 9.17) is 14.6 Å². The van der Waals surface area contributed by atoms with Gasteiger partial charge in [-0.3, -0.25) is 0 Å². The van der Waals surface area contributed by atoms with E-state index in [1.165, 1.54) is 0 Å². The molecule has 0 aromatic carbocycles. The molecule has 7 N–H and O–H groups in total. The van der Waals surface area contributed by atoms with Crippen LogP contribution in [0.2, 0.25) is 0 Å². The third-order valence-electron chi connectivity index (χ3n) is 3.59. The van der Waals surface area contributed by atoms with E-state index >= 15 is 0 Å². The van der Waals surface area contributed by atoms with Gasteiger partial charge in [-0.05, 0) is 0 Å². The van der Waals surface area contributed by atoms with Gasteiger partial charge < -0.3 is 50.0 Å². The van der Waals surface area contributed by atoms with Gasteiger partial charge in [0, 0.05) is 0 Å². The van der Waals surface area contributed by atoms with Crippen LogP contribution < -0.4 is 0 Å². The monoisotopic (exact) mass is 312 g/mol. The van der Waals surface area contributed by atoms with Gasteiger partial charge in [0.25, 0.3) is 0 Å². The molecule has 2 aliphatic heterocycles. The highest BCUT2D eigenvalue weighted by atomic mass is 16.7. The summed E-state index contributed by atoms with van der Waals surface area (Å²) in [5.74, 6) is 0. The minimum atomic E-state index is -1.66. The topological polar surface area (TPSA) is 169 Å². The largest absolute Gasteiger partial charge is 0.394 e. The fourth-order valence-corrected chi connectivity index (χ4v) is 2.29. The van der Waals surface area contributed by atoms with Gasteiger partial charge in [-0.15, -0.1) is 0 Å². The van der Waals surface area contributed by atoms with Crippen LogP contribution in [-0.2, 0) is 14.2 Å². The Hall–Kier alpha value is -0.400. The second-order valence-corrected chi connectivity index (χ2v) is 5.08. The van der Waals surface area contributed by atoms with E-state index in [1.54, 1.807) is 0 Å². The van der Waals surface area contributed by atoms with Crippen molar-refractivity contribution in [3.63, 3.8) is 0 Å². The first-order valence-electron chi connectivity index (χ1n) is 6.48. The van der Waals surface area contributed by atoms with Gasteiger partial charge in [0.2, 0.25) is 0 Å². The van der Waals surface area contributed by atoms with E-state index < -0.39 is 61.9 Å². The van der Waals surface area contributed by atoms with Gasteiger partial charge >= 0.3 is 0 Å². The van der Waals surface area contributed by atoms with Crippen LogP contribution in [0, 0.1) is 0 Å². The Labute approximate surface area is 119 Å². The zero-order valence-electron chi connectivity index (χ0n) is 11.0. The summed E-state index contributed by atoms with van der Waals surface area (Å²) in [7, 11) is 0. The lowest BCUT2D eigenvalue weighted by Crippen LogP contribution is -2.62.